The molecule has 1 heterocycles. The number of nitrogens with one attached hydrogen (secondary N) is 1. The number of aromatic nitrogens is 1. The largest absolute Gasteiger partial charge is 0.441 e. The van der Waals surface area contributed by atoms with Gasteiger partial charge in [-0.3, -0.25) is 4.79 Å². The van der Waals surface area contributed by atoms with Gasteiger partial charge >= 0.3 is 0 Å². The Balaban J connectivity index is 1.91. The van der Waals surface area contributed by atoms with E-state index in [0.717, 1.165) is 24.2 Å². The van der Waals surface area contributed by atoms with Crippen LogP contribution < -0.4 is 11.1 Å². The van der Waals surface area contributed by atoms with Gasteiger partial charge in [0.2, 0.25) is 5.91 Å². The second-order valence-electron chi connectivity index (χ2n) is 5.72. The van der Waals surface area contributed by atoms with Crippen molar-refractivity contribution >= 4 is 5.91 Å². The van der Waals surface area contributed by atoms with E-state index in [4.69, 9.17) is 10.2 Å². The number of rotatable bonds is 8. The molecule has 5 nitrogen and oxygen atoms in total. The SMILES string of the molecule is CCC(CC)(CN)NC(=O)CCc1ncc(-c2ccccc2)o1. The van der Waals surface area contributed by atoms with Crippen LogP contribution in [0.5, 0.6) is 0 Å². The Morgan fingerprint density at radius 2 is 1.96 bits per heavy atom. The summed E-state index contributed by atoms with van der Waals surface area (Å²) in [4.78, 5) is 16.4. The maximum Gasteiger partial charge on any atom is 0.220 e. The van der Waals surface area contributed by atoms with Crippen LogP contribution in [0.25, 0.3) is 11.3 Å². The van der Waals surface area contributed by atoms with E-state index in [2.05, 4.69) is 10.3 Å². The number of nitrogens with zero attached hydrogens (tertiary/aromatic N) is 1. The Labute approximate surface area is 137 Å². The highest BCUT2D eigenvalue weighted by Gasteiger charge is 2.26. The molecule has 2 rings (SSSR count). The highest BCUT2D eigenvalue weighted by atomic mass is 16.4. The van der Waals surface area contributed by atoms with Crippen LogP contribution in [0.15, 0.2) is 40.9 Å². The van der Waals surface area contributed by atoms with Gasteiger partial charge < -0.3 is 15.5 Å². The number of hydrogen-bond acceptors (Lipinski definition) is 4. The predicted molar refractivity (Wildman–Crippen MR) is 90.8 cm³/mol. The molecular formula is C18H25N3O2. The van der Waals surface area contributed by atoms with Gasteiger partial charge in [-0.15, -0.1) is 0 Å². The molecular weight excluding hydrogens is 290 g/mol. The van der Waals surface area contributed by atoms with Crippen LogP contribution in [-0.2, 0) is 11.2 Å². The zero-order chi connectivity index (χ0) is 16.7. The van der Waals surface area contributed by atoms with E-state index in [-0.39, 0.29) is 11.4 Å². The molecule has 0 unspecified atom stereocenters. The van der Waals surface area contributed by atoms with Crippen molar-refractivity contribution in [2.45, 2.75) is 45.1 Å². The maximum absolute atomic E-state index is 12.1. The van der Waals surface area contributed by atoms with Crippen LogP contribution in [0.2, 0.25) is 0 Å². The van der Waals surface area contributed by atoms with E-state index in [1.807, 2.05) is 44.2 Å². The zero-order valence-electron chi connectivity index (χ0n) is 13.8. The molecule has 1 aromatic heterocycles. The van der Waals surface area contributed by atoms with Gasteiger partial charge in [0.05, 0.1) is 11.7 Å². The first-order valence-corrected chi connectivity index (χ1v) is 8.13. The summed E-state index contributed by atoms with van der Waals surface area (Å²) in [5.41, 5.74) is 6.49. The first-order chi connectivity index (χ1) is 11.1. The lowest BCUT2D eigenvalue weighted by molar-refractivity contribution is -0.123. The fourth-order valence-electron chi connectivity index (χ4n) is 2.51. The lowest BCUT2D eigenvalue weighted by Gasteiger charge is -2.31. The summed E-state index contributed by atoms with van der Waals surface area (Å²) in [5.74, 6) is 1.28. The minimum atomic E-state index is -0.303. The minimum absolute atomic E-state index is 0.0152. The Hall–Kier alpha value is -2.14. The lowest BCUT2D eigenvalue weighted by atomic mass is 9.92. The third kappa shape index (κ3) is 4.42. The summed E-state index contributed by atoms with van der Waals surface area (Å²) in [6.07, 6.45) is 4.17. The first-order valence-electron chi connectivity index (χ1n) is 8.13. The van der Waals surface area contributed by atoms with E-state index in [1.165, 1.54) is 0 Å². The number of aryl methyl sites for hydroxylation is 1. The highest BCUT2D eigenvalue weighted by molar-refractivity contribution is 5.77. The molecule has 23 heavy (non-hydrogen) atoms. The smallest absolute Gasteiger partial charge is 0.220 e. The van der Waals surface area contributed by atoms with Crippen molar-refractivity contribution in [3.63, 3.8) is 0 Å². The number of carbonyl (C=O) groups excluding carboxylic acids is 1. The molecule has 0 bridgehead atoms. The Morgan fingerprint density at radius 3 is 2.57 bits per heavy atom. The summed E-state index contributed by atoms with van der Waals surface area (Å²) in [6, 6.07) is 9.79. The number of oxazole rings is 1. The molecule has 0 saturated carbocycles. The van der Waals surface area contributed by atoms with E-state index < -0.39 is 0 Å². The normalized spacial score (nSPS) is 11.4. The van der Waals surface area contributed by atoms with E-state index in [1.54, 1.807) is 6.20 Å². The van der Waals surface area contributed by atoms with Crippen molar-refractivity contribution in [3.8, 4) is 11.3 Å². The fourth-order valence-corrected chi connectivity index (χ4v) is 2.51. The summed E-state index contributed by atoms with van der Waals surface area (Å²) in [5, 5.41) is 3.05. The molecule has 0 aliphatic rings. The average molecular weight is 315 g/mol. The monoisotopic (exact) mass is 315 g/mol. The van der Waals surface area contributed by atoms with Crippen LogP contribution in [0.1, 0.15) is 39.0 Å². The van der Waals surface area contributed by atoms with Crippen molar-refractivity contribution < 1.29 is 9.21 Å². The molecule has 5 heteroatoms. The molecule has 0 radical (unpaired) electrons. The summed E-state index contributed by atoms with van der Waals surface area (Å²) in [7, 11) is 0. The van der Waals surface area contributed by atoms with Crippen molar-refractivity contribution in [3.05, 3.63) is 42.4 Å². The van der Waals surface area contributed by atoms with Crippen molar-refractivity contribution in [1.82, 2.24) is 10.3 Å². The molecule has 0 aliphatic heterocycles. The maximum atomic E-state index is 12.1. The fraction of sp³-hybridized carbons (Fsp3) is 0.444. The lowest BCUT2D eigenvalue weighted by Crippen LogP contribution is -2.52. The van der Waals surface area contributed by atoms with Crippen LogP contribution >= 0.6 is 0 Å². The second kappa shape index (κ2) is 7.92. The molecule has 2 aromatic rings. The van der Waals surface area contributed by atoms with Crippen LogP contribution in [0.4, 0.5) is 0 Å². The standard InChI is InChI=1S/C18H25N3O2/c1-3-18(4-2,13-19)21-16(22)10-11-17-20-12-15(23-17)14-8-6-5-7-9-14/h5-9,12H,3-4,10-11,13,19H2,1-2H3,(H,21,22). The van der Waals surface area contributed by atoms with Gasteiger partial charge in [0, 0.05) is 24.9 Å². The van der Waals surface area contributed by atoms with Crippen molar-refractivity contribution in [2.24, 2.45) is 5.73 Å². The highest BCUT2D eigenvalue weighted by Crippen LogP contribution is 2.20. The van der Waals surface area contributed by atoms with Crippen LogP contribution in [0, 0.1) is 0 Å². The molecule has 1 aromatic carbocycles. The second-order valence-corrected chi connectivity index (χ2v) is 5.72. The van der Waals surface area contributed by atoms with Gasteiger partial charge in [0.1, 0.15) is 0 Å². The Kier molecular flexibility index (Phi) is 5.93. The van der Waals surface area contributed by atoms with Crippen LogP contribution in [0.3, 0.4) is 0 Å². The molecule has 3 N–H and O–H groups in total. The molecule has 1 amide bonds. The third-order valence-electron chi connectivity index (χ3n) is 4.33. The van der Waals surface area contributed by atoms with Gasteiger partial charge in [0.25, 0.3) is 0 Å². The van der Waals surface area contributed by atoms with E-state index in [0.29, 0.717) is 25.3 Å². The van der Waals surface area contributed by atoms with E-state index in [9.17, 15) is 4.79 Å². The van der Waals surface area contributed by atoms with Crippen LogP contribution in [-0.4, -0.2) is 23.0 Å². The number of carbonyl (C=O) groups is 1. The quantitative estimate of drug-likeness (QED) is 0.785. The molecule has 0 spiro atoms. The summed E-state index contributed by atoms with van der Waals surface area (Å²) in [6.45, 7) is 4.52. The molecule has 0 fully saturated rings. The number of nitrogens with two attached hydrogens (primary N) is 1. The van der Waals surface area contributed by atoms with Crippen molar-refractivity contribution in [2.75, 3.05) is 6.54 Å². The van der Waals surface area contributed by atoms with Gasteiger partial charge in [-0.05, 0) is 12.8 Å². The zero-order valence-corrected chi connectivity index (χ0v) is 13.8. The average Bonchev–Trinajstić information content (AvgIpc) is 3.08. The molecule has 0 atom stereocenters. The van der Waals surface area contributed by atoms with Gasteiger partial charge in [0.15, 0.2) is 11.7 Å². The Bertz CT molecular complexity index is 610. The number of amides is 1. The first kappa shape index (κ1) is 17.2. The van der Waals surface area contributed by atoms with Gasteiger partial charge in [-0.2, -0.15) is 0 Å². The summed E-state index contributed by atoms with van der Waals surface area (Å²) < 4.78 is 5.71. The number of hydrogen-bond donors (Lipinski definition) is 2. The van der Waals surface area contributed by atoms with E-state index >= 15 is 0 Å². The molecule has 124 valence electrons. The van der Waals surface area contributed by atoms with Gasteiger partial charge in [-0.1, -0.05) is 44.2 Å². The summed E-state index contributed by atoms with van der Waals surface area (Å²) >= 11 is 0. The third-order valence-corrected chi connectivity index (χ3v) is 4.33. The molecule has 0 aliphatic carbocycles. The molecule has 0 saturated heterocycles. The topological polar surface area (TPSA) is 81.1 Å². The number of benzene rings is 1. The van der Waals surface area contributed by atoms with Crippen molar-refractivity contribution in [1.29, 1.82) is 0 Å². The minimum Gasteiger partial charge on any atom is -0.441 e. The van der Waals surface area contributed by atoms with Gasteiger partial charge in [-0.25, -0.2) is 4.98 Å². The predicted octanol–water partition coefficient (Wildman–Crippen LogP) is 2.91. The Morgan fingerprint density at radius 1 is 1.26 bits per heavy atom.